The van der Waals surface area contributed by atoms with E-state index in [2.05, 4.69) is 0 Å². The highest BCUT2D eigenvalue weighted by molar-refractivity contribution is 5.78. The molecule has 1 rings (SSSR count). The van der Waals surface area contributed by atoms with E-state index in [4.69, 9.17) is 9.47 Å². The van der Waals surface area contributed by atoms with Crippen molar-refractivity contribution in [3.05, 3.63) is 23.8 Å². The summed E-state index contributed by atoms with van der Waals surface area (Å²) in [5, 5.41) is 9.92. The van der Waals surface area contributed by atoms with Crippen LogP contribution < -0.4 is 4.74 Å². The van der Waals surface area contributed by atoms with Gasteiger partial charge in [0.05, 0.1) is 11.5 Å². The number of carbonyl (C=O) groups is 2. The second-order valence-corrected chi connectivity index (χ2v) is 6.48. The Labute approximate surface area is 131 Å². The first kappa shape index (κ1) is 18.0. The van der Waals surface area contributed by atoms with Crippen LogP contribution >= 0.6 is 0 Å². The van der Waals surface area contributed by atoms with Gasteiger partial charge in [-0.05, 0) is 58.7 Å². The number of hydrogen-bond acceptors (Lipinski definition) is 5. The Morgan fingerprint density at radius 1 is 1.23 bits per heavy atom. The molecule has 1 aromatic rings. The van der Waals surface area contributed by atoms with E-state index in [-0.39, 0.29) is 30.0 Å². The highest BCUT2D eigenvalue weighted by atomic mass is 16.5. The maximum atomic E-state index is 11.8. The molecule has 0 bridgehead atoms. The van der Waals surface area contributed by atoms with Gasteiger partial charge >= 0.3 is 11.9 Å². The average molecular weight is 308 g/mol. The lowest BCUT2D eigenvalue weighted by molar-refractivity contribution is -0.147. The van der Waals surface area contributed by atoms with Gasteiger partial charge < -0.3 is 14.6 Å². The Balaban J connectivity index is 2.66. The Bertz CT molecular complexity index is 540. The molecular formula is C17H24O5. The molecule has 122 valence electrons. The molecule has 22 heavy (non-hydrogen) atoms. The van der Waals surface area contributed by atoms with E-state index in [1.54, 1.807) is 40.7 Å². The normalized spacial score (nSPS) is 11.4. The minimum Gasteiger partial charge on any atom is -0.504 e. The first-order valence-electron chi connectivity index (χ1n) is 7.33. The van der Waals surface area contributed by atoms with Crippen LogP contribution in [0.4, 0.5) is 0 Å². The molecular weight excluding hydrogens is 284 g/mol. The standard InChI is InChI=1S/C17H24O5/c1-11(2)21-15(19)9-7-12-6-8-14(13(18)10-12)22-16(20)17(3,4)5/h6,8,10-11,18H,7,9H2,1-5H3. The Morgan fingerprint density at radius 3 is 2.36 bits per heavy atom. The molecule has 0 amide bonds. The molecule has 5 heteroatoms. The van der Waals surface area contributed by atoms with Gasteiger partial charge in [0.1, 0.15) is 0 Å². The van der Waals surface area contributed by atoms with Crippen LogP contribution in [0.1, 0.15) is 46.6 Å². The SMILES string of the molecule is CC(C)OC(=O)CCc1ccc(OC(=O)C(C)(C)C)c(O)c1. The second kappa shape index (κ2) is 7.29. The van der Waals surface area contributed by atoms with Crippen LogP contribution in [-0.2, 0) is 20.7 Å². The Morgan fingerprint density at radius 2 is 1.86 bits per heavy atom. The third-order valence-corrected chi connectivity index (χ3v) is 2.82. The second-order valence-electron chi connectivity index (χ2n) is 6.48. The summed E-state index contributed by atoms with van der Waals surface area (Å²) < 4.78 is 10.2. The minimum absolute atomic E-state index is 0.118. The summed E-state index contributed by atoms with van der Waals surface area (Å²) in [5.74, 6) is -0.699. The number of rotatable bonds is 5. The summed E-state index contributed by atoms with van der Waals surface area (Å²) in [7, 11) is 0. The van der Waals surface area contributed by atoms with Crippen molar-refractivity contribution in [3.8, 4) is 11.5 Å². The lowest BCUT2D eigenvalue weighted by atomic mass is 9.97. The van der Waals surface area contributed by atoms with E-state index in [0.29, 0.717) is 6.42 Å². The van der Waals surface area contributed by atoms with Crippen molar-refractivity contribution < 1.29 is 24.2 Å². The van der Waals surface area contributed by atoms with Crippen LogP contribution in [0, 0.1) is 5.41 Å². The van der Waals surface area contributed by atoms with E-state index in [0.717, 1.165) is 5.56 Å². The van der Waals surface area contributed by atoms with Crippen molar-refractivity contribution in [1.29, 1.82) is 0 Å². The van der Waals surface area contributed by atoms with Gasteiger partial charge in [0.15, 0.2) is 11.5 Å². The van der Waals surface area contributed by atoms with Crippen LogP contribution in [0.3, 0.4) is 0 Å². The third kappa shape index (κ3) is 5.76. The number of benzene rings is 1. The molecule has 1 N–H and O–H groups in total. The zero-order valence-corrected chi connectivity index (χ0v) is 13.8. The molecule has 0 saturated heterocycles. The maximum absolute atomic E-state index is 11.8. The highest BCUT2D eigenvalue weighted by Crippen LogP contribution is 2.29. The summed E-state index contributed by atoms with van der Waals surface area (Å²) in [6.07, 6.45) is 0.547. The van der Waals surface area contributed by atoms with Crippen molar-refractivity contribution in [3.63, 3.8) is 0 Å². The first-order valence-corrected chi connectivity index (χ1v) is 7.33. The van der Waals surface area contributed by atoms with Crippen molar-refractivity contribution in [2.24, 2.45) is 5.41 Å². The molecule has 1 aromatic carbocycles. The molecule has 0 aromatic heterocycles. The largest absolute Gasteiger partial charge is 0.504 e. The predicted octanol–water partition coefficient (Wildman–Crippen LogP) is 3.23. The maximum Gasteiger partial charge on any atom is 0.316 e. The lowest BCUT2D eigenvalue weighted by Gasteiger charge is -2.17. The van der Waals surface area contributed by atoms with E-state index in [9.17, 15) is 14.7 Å². The minimum atomic E-state index is -0.647. The summed E-state index contributed by atoms with van der Waals surface area (Å²) >= 11 is 0. The van der Waals surface area contributed by atoms with Gasteiger partial charge in [0, 0.05) is 6.42 Å². The molecule has 0 saturated carbocycles. The fourth-order valence-corrected chi connectivity index (χ4v) is 1.63. The van der Waals surface area contributed by atoms with Gasteiger partial charge in [-0.2, -0.15) is 0 Å². The van der Waals surface area contributed by atoms with Crippen LogP contribution in [0.2, 0.25) is 0 Å². The molecule has 0 unspecified atom stereocenters. The molecule has 0 aliphatic rings. The van der Waals surface area contributed by atoms with Crippen LogP contribution in [0.25, 0.3) is 0 Å². The van der Waals surface area contributed by atoms with E-state index < -0.39 is 11.4 Å². The molecule has 0 radical (unpaired) electrons. The fourth-order valence-electron chi connectivity index (χ4n) is 1.63. The van der Waals surface area contributed by atoms with E-state index in [1.165, 1.54) is 12.1 Å². The number of hydrogen-bond donors (Lipinski definition) is 1. The number of aryl methyl sites for hydroxylation is 1. The lowest BCUT2D eigenvalue weighted by Crippen LogP contribution is -2.25. The van der Waals surface area contributed by atoms with Gasteiger partial charge in [-0.15, -0.1) is 0 Å². The third-order valence-electron chi connectivity index (χ3n) is 2.82. The summed E-state index contributed by atoms with van der Waals surface area (Å²) in [6, 6.07) is 4.74. The van der Waals surface area contributed by atoms with Gasteiger partial charge in [0.2, 0.25) is 0 Å². The molecule has 0 atom stereocenters. The van der Waals surface area contributed by atoms with Gasteiger partial charge in [-0.3, -0.25) is 9.59 Å². The van der Waals surface area contributed by atoms with Crippen molar-refractivity contribution in [1.82, 2.24) is 0 Å². The zero-order valence-electron chi connectivity index (χ0n) is 13.8. The zero-order chi connectivity index (χ0) is 16.9. The van der Waals surface area contributed by atoms with Gasteiger partial charge in [-0.1, -0.05) is 6.07 Å². The van der Waals surface area contributed by atoms with Crippen LogP contribution in [-0.4, -0.2) is 23.1 Å². The number of phenols is 1. The monoisotopic (exact) mass is 308 g/mol. The predicted molar refractivity (Wildman–Crippen MR) is 82.7 cm³/mol. The van der Waals surface area contributed by atoms with Crippen molar-refractivity contribution in [2.75, 3.05) is 0 Å². The van der Waals surface area contributed by atoms with E-state index >= 15 is 0 Å². The number of carbonyl (C=O) groups excluding carboxylic acids is 2. The van der Waals surface area contributed by atoms with Crippen molar-refractivity contribution >= 4 is 11.9 Å². The average Bonchev–Trinajstić information content (AvgIpc) is 2.37. The Kier molecular flexibility index (Phi) is 5.97. The van der Waals surface area contributed by atoms with Crippen molar-refractivity contribution in [2.45, 2.75) is 53.6 Å². The van der Waals surface area contributed by atoms with Crippen LogP contribution in [0.15, 0.2) is 18.2 Å². The quantitative estimate of drug-likeness (QED) is 0.668. The van der Waals surface area contributed by atoms with Gasteiger partial charge in [-0.25, -0.2) is 0 Å². The summed E-state index contributed by atoms with van der Waals surface area (Å²) in [4.78, 5) is 23.3. The number of esters is 2. The topological polar surface area (TPSA) is 72.8 Å². The highest BCUT2D eigenvalue weighted by Gasteiger charge is 2.24. The molecule has 0 fully saturated rings. The number of aromatic hydroxyl groups is 1. The molecule has 0 aliphatic heterocycles. The summed E-state index contributed by atoms with van der Waals surface area (Å²) in [5.41, 5.74) is 0.125. The molecule has 0 aliphatic carbocycles. The molecule has 5 nitrogen and oxygen atoms in total. The first-order chi connectivity index (χ1) is 10.1. The summed E-state index contributed by atoms with van der Waals surface area (Å²) in [6.45, 7) is 8.80. The Hall–Kier alpha value is -2.04. The van der Waals surface area contributed by atoms with E-state index in [1.807, 2.05) is 0 Å². The van der Waals surface area contributed by atoms with Gasteiger partial charge in [0.25, 0.3) is 0 Å². The molecule has 0 spiro atoms. The van der Waals surface area contributed by atoms with Crippen LogP contribution in [0.5, 0.6) is 11.5 Å². The fraction of sp³-hybridized carbons (Fsp3) is 0.529. The number of ether oxygens (including phenoxy) is 2. The smallest absolute Gasteiger partial charge is 0.316 e. The number of phenolic OH excluding ortho intramolecular Hbond substituents is 1. The molecule has 0 heterocycles.